The van der Waals surface area contributed by atoms with Crippen LogP contribution in [0.15, 0.2) is 4.99 Å². The maximum atomic E-state index is 11.8. The SMILES string of the molecule is C#CC(C)N1C(=O)N=C(N)C1(C)C1(C)CC1. The third-order valence-electron chi connectivity index (χ3n) is 4.21. The van der Waals surface area contributed by atoms with Gasteiger partial charge in [0, 0.05) is 0 Å². The first-order chi connectivity index (χ1) is 7.37. The Labute approximate surface area is 95.9 Å². The Balaban J connectivity index is 2.45. The van der Waals surface area contributed by atoms with E-state index in [2.05, 4.69) is 17.8 Å². The zero-order chi connectivity index (χ0) is 12.1. The van der Waals surface area contributed by atoms with Gasteiger partial charge in [-0.3, -0.25) is 4.90 Å². The molecule has 1 fully saturated rings. The highest BCUT2D eigenvalue weighted by Gasteiger charge is 2.62. The third-order valence-corrected chi connectivity index (χ3v) is 4.21. The van der Waals surface area contributed by atoms with Crippen LogP contribution in [0.2, 0.25) is 0 Å². The maximum Gasteiger partial charge on any atom is 0.347 e. The molecular formula is C12H17N3O. The van der Waals surface area contributed by atoms with Crippen LogP contribution in [0.4, 0.5) is 4.79 Å². The number of nitrogens with two attached hydrogens (primary N) is 1. The van der Waals surface area contributed by atoms with Crippen molar-refractivity contribution in [1.29, 1.82) is 0 Å². The number of urea groups is 1. The summed E-state index contributed by atoms with van der Waals surface area (Å²) in [6, 6.07) is -0.585. The lowest BCUT2D eigenvalue weighted by molar-refractivity contribution is 0.124. The van der Waals surface area contributed by atoms with Gasteiger partial charge in [0.1, 0.15) is 11.4 Å². The molecule has 0 spiro atoms. The van der Waals surface area contributed by atoms with Crippen LogP contribution in [0.3, 0.4) is 0 Å². The first-order valence-electron chi connectivity index (χ1n) is 5.51. The minimum Gasteiger partial charge on any atom is -0.385 e. The van der Waals surface area contributed by atoms with Gasteiger partial charge in [-0.25, -0.2) is 4.79 Å². The van der Waals surface area contributed by atoms with Crippen LogP contribution < -0.4 is 5.73 Å². The summed E-state index contributed by atoms with van der Waals surface area (Å²) < 4.78 is 0. The molecule has 0 aromatic carbocycles. The maximum absolute atomic E-state index is 11.8. The highest BCUT2D eigenvalue weighted by molar-refractivity contribution is 6.06. The number of amidine groups is 1. The average molecular weight is 219 g/mol. The van der Waals surface area contributed by atoms with Gasteiger partial charge in [0.05, 0.1) is 6.04 Å². The van der Waals surface area contributed by atoms with Gasteiger partial charge in [0.25, 0.3) is 0 Å². The number of amides is 2. The van der Waals surface area contributed by atoms with Crippen molar-refractivity contribution >= 4 is 11.9 Å². The zero-order valence-corrected chi connectivity index (χ0v) is 9.95. The van der Waals surface area contributed by atoms with Gasteiger partial charge in [-0.2, -0.15) is 4.99 Å². The topological polar surface area (TPSA) is 58.7 Å². The molecule has 0 bridgehead atoms. The summed E-state index contributed by atoms with van der Waals surface area (Å²) in [5.74, 6) is 2.99. The van der Waals surface area contributed by atoms with Crippen LogP contribution in [-0.4, -0.2) is 28.3 Å². The van der Waals surface area contributed by atoms with Gasteiger partial charge in [0.15, 0.2) is 0 Å². The Morgan fingerprint density at radius 3 is 2.56 bits per heavy atom. The normalized spacial score (nSPS) is 33.2. The van der Waals surface area contributed by atoms with E-state index in [9.17, 15) is 4.79 Å². The monoisotopic (exact) mass is 219 g/mol. The van der Waals surface area contributed by atoms with Crippen molar-refractivity contribution in [3.63, 3.8) is 0 Å². The van der Waals surface area contributed by atoms with E-state index in [0.29, 0.717) is 5.84 Å². The van der Waals surface area contributed by atoms with Crippen molar-refractivity contribution in [2.75, 3.05) is 0 Å². The molecule has 1 aliphatic heterocycles. The molecule has 4 nitrogen and oxygen atoms in total. The fourth-order valence-electron chi connectivity index (χ4n) is 2.48. The molecule has 4 heteroatoms. The molecule has 1 heterocycles. The van der Waals surface area contributed by atoms with Crippen molar-refractivity contribution in [3.8, 4) is 12.3 Å². The highest BCUT2D eigenvalue weighted by atomic mass is 16.2. The van der Waals surface area contributed by atoms with Crippen LogP contribution in [0.5, 0.6) is 0 Å². The first-order valence-corrected chi connectivity index (χ1v) is 5.51. The predicted octanol–water partition coefficient (Wildman–Crippen LogP) is 1.36. The lowest BCUT2D eigenvalue weighted by atomic mass is 9.81. The largest absolute Gasteiger partial charge is 0.385 e. The standard InChI is InChI=1S/C12H17N3O/c1-5-8(2)15-10(16)14-9(13)12(15,4)11(3)6-7-11/h1,8H,6-7H2,2-4H3,(H2,13,14,16). The molecule has 1 aliphatic carbocycles. The van der Waals surface area contributed by atoms with Crippen molar-refractivity contribution < 1.29 is 4.79 Å². The number of aliphatic imine (C=N–C) groups is 1. The first kappa shape index (κ1) is 11.0. The molecule has 86 valence electrons. The van der Waals surface area contributed by atoms with E-state index in [1.165, 1.54) is 0 Å². The van der Waals surface area contributed by atoms with Gasteiger partial charge < -0.3 is 5.73 Å². The highest BCUT2D eigenvalue weighted by Crippen LogP contribution is 2.57. The molecule has 0 aromatic rings. The third kappa shape index (κ3) is 1.12. The summed E-state index contributed by atoms with van der Waals surface area (Å²) in [5, 5.41) is 0. The van der Waals surface area contributed by atoms with Crippen molar-refractivity contribution in [2.24, 2.45) is 16.1 Å². The summed E-state index contributed by atoms with van der Waals surface area (Å²) in [5.41, 5.74) is 5.44. The second-order valence-corrected chi connectivity index (χ2v) is 5.13. The van der Waals surface area contributed by atoms with E-state index in [0.717, 1.165) is 12.8 Å². The fourth-order valence-corrected chi connectivity index (χ4v) is 2.48. The van der Waals surface area contributed by atoms with E-state index < -0.39 is 5.54 Å². The van der Waals surface area contributed by atoms with Crippen LogP contribution >= 0.6 is 0 Å². The number of carbonyl (C=O) groups excluding carboxylic acids is 1. The van der Waals surface area contributed by atoms with E-state index in [4.69, 9.17) is 12.2 Å². The van der Waals surface area contributed by atoms with E-state index in [-0.39, 0.29) is 17.5 Å². The van der Waals surface area contributed by atoms with Gasteiger partial charge in [0.2, 0.25) is 0 Å². The van der Waals surface area contributed by atoms with Crippen molar-refractivity contribution in [1.82, 2.24) is 4.90 Å². The fraction of sp³-hybridized carbons (Fsp3) is 0.667. The molecule has 0 saturated heterocycles. The number of hydrogen-bond donors (Lipinski definition) is 1. The van der Waals surface area contributed by atoms with Gasteiger partial charge in [-0.1, -0.05) is 12.8 Å². The molecule has 2 atom stereocenters. The predicted molar refractivity (Wildman–Crippen MR) is 62.9 cm³/mol. The molecule has 0 aromatic heterocycles. The lowest BCUT2D eigenvalue weighted by Crippen LogP contribution is -2.59. The smallest absolute Gasteiger partial charge is 0.347 e. The molecular weight excluding hydrogens is 202 g/mol. The Morgan fingerprint density at radius 2 is 2.12 bits per heavy atom. The average Bonchev–Trinajstić information content (AvgIpc) is 2.92. The van der Waals surface area contributed by atoms with E-state index in [1.54, 1.807) is 4.90 Å². The van der Waals surface area contributed by atoms with Crippen molar-refractivity contribution in [3.05, 3.63) is 0 Å². The number of carbonyl (C=O) groups is 1. The minimum absolute atomic E-state index is 0.0256. The second kappa shape index (κ2) is 3.00. The van der Waals surface area contributed by atoms with Gasteiger partial charge in [-0.05, 0) is 32.1 Å². The van der Waals surface area contributed by atoms with E-state index >= 15 is 0 Å². The summed E-state index contributed by atoms with van der Waals surface area (Å²) >= 11 is 0. The summed E-state index contributed by atoms with van der Waals surface area (Å²) in [7, 11) is 0. The molecule has 0 radical (unpaired) electrons. The number of rotatable bonds is 2. The molecule has 2 aliphatic rings. The quantitative estimate of drug-likeness (QED) is 0.713. The minimum atomic E-state index is -0.518. The molecule has 1 saturated carbocycles. The summed E-state index contributed by atoms with van der Waals surface area (Å²) in [6.45, 7) is 5.93. The summed E-state index contributed by atoms with van der Waals surface area (Å²) in [6.07, 6.45) is 7.52. The summed E-state index contributed by atoms with van der Waals surface area (Å²) in [4.78, 5) is 17.4. The Kier molecular flexibility index (Phi) is 2.06. The number of hydrogen-bond acceptors (Lipinski definition) is 2. The van der Waals surface area contributed by atoms with Gasteiger partial charge >= 0.3 is 6.03 Å². The number of nitrogens with zero attached hydrogens (tertiary/aromatic N) is 2. The van der Waals surface area contributed by atoms with Crippen LogP contribution in [0.1, 0.15) is 33.6 Å². The van der Waals surface area contributed by atoms with E-state index in [1.807, 2.05) is 13.8 Å². The molecule has 2 unspecified atom stereocenters. The zero-order valence-electron chi connectivity index (χ0n) is 9.95. The molecule has 2 amide bonds. The Morgan fingerprint density at radius 1 is 1.56 bits per heavy atom. The lowest BCUT2D eigenvalue weighted by Gasteiger charge is -2.41. The number of terminal acetylenes is 1. The second-order valence-electron chi connectivity index (χ2n) is 5.13. The Hall–Kier alpha value is -1.50. The van der Waals surface area contributed by atoms with Crippen LogP contribution in [0.25, 0.3) is 0 Å². The van der Waals surface area contributed by atoms with Crippen molar-refractivity contribution in [2.45, 2.75) is 45.2 Å². The molecule has 16 heavy (non-hydrogen) atoms. The molecule has 2 rings (SSSR count). The molecule has 2 N–H and O–H groups in total. The van der Waals surface area contributed by atoms with Crippen LogP contribution in [-0.2, 0) is 0 Å². The van der Waals surface area contributed by atoms with Crippen LogP contribution in [0, 0.1) is 17.8 Å². The Bertz CT molecular complexity index is 416. The van der Waals surface area contributed by atoms with Gasteiger partial charge in [-0.15, -0.1) is 6.42 Å².